The molecule has 0 saturated carbocycles. The number of hydrogen-bond acceptors (Lipinski definition) is 2. The summed E-state index contributed by atoms with van der Waals surface area (Å²) in [6, 6.07) is 0. The summed E-state index contributed by atoms with van der Waals surface area (Å²) in [5.41, 5.74) is 0. The van der Waals surface area contributed by atoms with E-state index in [9.17, 15) is 4.39 Å². The molecule has 2 unspecified atom stereocenters. The van der Waals surface area contributed by atoms with E-state index < -0.39 is 12.0 Å². The van der Waals surface area contributed by atoms with Gasteiger partial charge in [0.1, 0.15) is 12.3 Å². The highest BCUT2D eigenvalue weighted by atomic mass is 19.1. The summed E-state index contributed by atoms with van der Waals surface area (Å²) < 4.78 is 22.9. The van der Waals surface area contributed by atoms with Crippen molar-refractivity contribution in [3.63, 3.8) is 0 Å². The van der Waals surface area contributed by atoms with Crippen LogP contribution in [0.2, 0.25) is 0 Å². The van der Waals surface area contributed by atoms with Crippen LogP contribution in [-0.4, -0.2) is 24.7 Å². The lowest BCUT2D eigenvalue weighted by Gasteiger charge is -2.17. The van der Waals surface area contributed by atoms with Crippen molar-refractivity contribution < 1.29 is 13.9 Å². The Morgan fingerprint density at radius 3 is 2.40 bits per heavy atom. The van der Waals surface area contributed by atoms with Gasteiger partial charge >= 0.3 is 0 Å². The Kier molecular flexibility index (Phi) is 1.97. The van der Waals surface area contributed by atoms with Gasteiger partial charge < -0.3 is 9.47 Å². The fourth-order valence-electron chi connectivity index (χ4n) is 0.942. The van der Waals surface area contributed by atoms with Crippen molar-refractivity contribution in [3.8, 4) is 0 Å². The molecule has 10 heavy (non-hydrogen) atoms. The van der Waals surface area contributed by atoms with Crippen molar-refractivity contribution in [1.82, 2.24) is 0 Å². The Morgan fingerprint density at radius 1 is 1.60 bits per heavy atom. The van der Waals surface area contributed by atoms with Gasteiger partial charge in [0.25, 0.3) is 0 Å². The van der Waals surface area contributed by atoms with Crippen LogP contribution in [0.15, 0.2) is 0 Å². The number of halogens is 1. The van der Waals surface area contributed by atoms with Crippen molar-refractivity contribution >= 4 is 0 Å². The average molecular weight is 148 g/mol. The smallest absolute Gasteiger partial charge is 0.163 e. The first-order valence-corrected chi connectivity index (χ1v) is 3.47. The first-order chi connectivity index (χ1) is 4.51. The van der Waals surface area contributed by atoms with E-state index in [0.717, 1.165) is 0 Å². The van der Waals surface area contributed by atoms with E-state index >= 15 is 0 Å². The van der Waals surface area contributed by atoms with Crippen LogP contribution in [0.4, 0.5) is 4.39 Å². The first-order valence-electron chi connectivity index (χ1n) is 3.47. The first kappa shape index (κ1) is 7.95. The zero-order chi connectivity index (χ0) is 7.78. The molecule has 0 amide bonds. The van der Waals surface area contributed by atoms with Crippen molar-refractivity contribution in [3.05, 3.63) is 0 Å². The number of ether oxygens (including phenoxy) is 2. The van der Waals surface area contributed by atoms with Crippen LogP contribution in [-0.2, 0) is 9.47 Å². The largest absolute Gasteiger partial charge is 0.348 e. The molecule has 0 N–H and O–H groups in total. The molecule has 60 valence electrons. The molecular weight excluding hydrogens is 135 g/mol. The monoisotopic (exact) mass is 148 g/mol. The molecule has 3 heteroatoms. The maximum Gasteiger partial charge on any atom is 0.163 e. The van der Waals surface area contributed by atoms with Crippen LogP contribution in [0.3, 0.4) is 0 Å². The van der Waals surface area contributed by atoms with Crippen molar-refractivity contribution in [1.29, 1.82) is 0 Å². The fourth-order valence-corrected chi connectivity index (χ4v) is 0.942. The van der Waals surface area contributed by atoms with Gasteiger partial charge in [0.05, 0.1) is 6.61 Å². The molecule has 0 aromatic rings. The molecule has 1 fully saturated rings. The normalized spacial score (nSPS) is 34.2. The predicted molar refractivity (Wildman–Crippen MR) is 35.5 cm³/mol. The summed E-state index contributed by atoms with van der Waals surface area (Å²) in [6.07, 6.45) is -1.32. The van der Waals surface area contributed by atoms with Gasteiger partial charge in [-0.05, 0) is 20.8 Å². The predicted octanol–water partition coefficient (Wildman–Crippen LogP) is 1.50. The van der Waals surface area contributed by atoms with Crippen LogP contribution in [0.25, 0.3) is 0 Å². The Hall–Kier alpha value is -0.150. The van der Waals surface area contributed by atoms with Crippen molar-refractivity contribution in [2.24, 2.45) is 0 Å². The van der Waals surface area contributed by atoms with Crippen molar-refractivity contribution in [2.75, 3.05) is 6.61 Å². The number of hydrogen-bond donors (Lipinski definition) is 0. The lowest BCUT2D eigenvalue weighted by atomic mass is 10.3. The molecule has 2 atom stereocenters. The highest BCUT2D eigenvalue weighted by Crippen LogP contribution is 2.24. The molecule has 1 heterocycles. The van der Waals surface area contributed by atoms with Gasteiger partial charge in [-0.1, -0.05) is 0 Å². The van der Waals surface area contributed by atoms with Crippen LogP contribution in [0, 0.1) is 0 Å². The molecule has 1 saturated heterocycles. The summed E-state index contributed by atoms with van der Waals surface area (Å²) in [4.78, 5) is 0. The maximum absolute atomic E-state index is 12.5. The van der Waals surface area contributed by atoms with Gasteiger partial charge in [-0.2, -0.15) is 0 Å². The lowest BCUT2D eigenvalue weighted by molar-refractivity contribution is -0.144. The maximum atomic E-state index is 12.5. The van der Waals surface area contributed by atoms with Crippen LogP contribution >= 0.6 is 0 Å². The SMILES string of the molecule is CC(F)C1COC(C)(C)O1. The van der Waals surface area contributed by atoms with Crippen molar-refractivity contribution in [2.45, 2.75) is 38.8 Å². The number of alkyl halides is 1. The molecule has 1 aliphatic heterocycles. The minimum Gasteiger partial charge on any atom is -0.348 e. The standard InChI is InChI=1S/C7H13FO2/c1-5(8)6-4-9-7(2,3)10-6/h5-6H,4H2,1-3H3. The van der Waals surface area contributed by atoms with E-state index in [1.165, 1.54) is 6.92 Å². The molecular formula is C7H13FO2. The van der Waals surface area contributed by atoms with Crippen LogP contribution in [0.5, 0.6) is 0 Å². The average Bonchev–Trinajstić information content (AvgIpc) is 2.10. The molecule has 2 nitrogen and oxygen atoms in total. The van der Waals surface area contributed by atoms with Gasteiger partial charge in [-0.15, -0.1) is 0 Å². The second-order valence-electron chi connectivity index (χ2n) is 3.04. The third-order valence-electron chi connectivity index (χ3n) is 1.54. The zero-order valence-corrected chi connectivity index (χ0v) is 6.56. The summed E-state index contributed by atoms with van der Waals surface area (Å²) in [5.74, 6) is -0.592. The summed E-state index contributed by atoms with van der Waals surface area (Å²) in [7, 11) is 0. The molecule has 1 rings (SSSR count). The zero-order valence-electron chi connectivity index (χ0n) is 6.56. The molecule has 0 aromatic carbocycles. The summed E-state index contributed by atoms with van der Waals surface area (Å²) in [5, 5.41) is 0. The molecule has 0 spiro atoms. The van der Waals surface area contributed by atoms with E-state index in [-0.39, 0.29) is 6.10 Å². The lowest BCUT2D eigenvalue weighted by Crippen LogP contribution is -2.25. The van der Waals surface area contributed by atoms with Gasteiger partial charge in [-0.3, -0.25) is 0 Å². The van der Waals surface area contributed by atoms with E-state index in [2.05, 4.69) is 0 Å². The van der Waals surface area contributed by atoms with E-state index in [1.807, 2.05) is 0 Å². The summed E-state index contributed by atoms with van der Waals surface area (Å²) >= 11 is 0. The highest BCUT2D eigenvalue weighted by molar-refractivity contribution is 4.74. The highest BCUT2D eigenvalue weighted by Gasteiger charge is 2.35. The van der Waals surface area contributed by atoms with Gasteiger partial charge in [0.15, 0.2) is 5.79 Å². The van der Waals surface area contributed by atoms with Gasteiger partial charge in [0, 0.05) is 0 Å². The van der Waals surface area contributed by atoms with Crippen LogP contribution < -0.4 is 0 Å². The molecule has 1 aliphatic rings. The third kappa shape index (κ3) is 1.67. The summed E-state index contributed by atoms with van der Waals surface area (Å²) in [6.45, 7) is 5.42. The second-order valence-corrected chi connectivity index (χ2v) is 3.04. The Balaban J connectivity index is 2.43. The molecule has 0 aliphatic carbocycles. The van der Waals surface area contributed by atoms with Gasteiger partial charge in [0.2, 0.25) is 0 Å². The Morgan fingerprint density at radius 2 is 2.20 bits per heavy atom. The quantitative estimate of drug-likeness (QED) is 0.561. The topological polar surface area (TPSA) is 18.5 Å². The van der Waals surface area contributed by atoms with E-state index in [4.69, 9.17) is 9.47 Å². The number of rotatable bonds is 1. The van der Waals surface area contributed by atoms with Gasteiger partial charge in [-0.25, -0.2) is 4.39 Å². The molecule has 0 bridgehead atoms. The fraction of sp³-hybridized carbons (Fsp3) is 1.00. The van der Waals surface area contributed by atoms with E-state index in [1.54, 1.807) is 13.8 Å². The second kappa shape index (κ2) is 2.47. The molecule has 0 aromatic heterocycles. The Bertz CT molecular complexity index is 123. The third-order valence-corrected chi connectivity index (χ3v) is 1.54. The van der Waals surface area contributed by atoms with E-state index in [0.29, 0.717) is 6.61 Å². The minimum atomic E-state index is -0.943. The Labute approximate surface area is 60.3 Å². The molecule has 0 radical (unpaired) electrons. The van der Waals surface area contributed by atoms with Crippen LogP contribution in [0.1, 0.15) is 20.8 Å². The minimum absolute atomic E-state index is 0.366.